The van der Waals surface area contributed by atoms with E-state index in [1.165, 1.54) is 37.7 Å². The number of nitrogens with zero attached hydrogens (tertiary/aromatic N) is 1. The van der Waals surface area contributed by atoms with Crippen molar-refractivity contribution < 1.29 is 42.7 Å². The third kappa shape index (κ3) is 5.34. The lowest BCUT2D eigenvalue weighted by molar-refractivity contribution is -0.0474. The van der Waals surface area contributed by atoms with E-state index in [-0.39, 0.29) is 23.4 Å². The first-order chi connectivity index (χ1) is 16.5. The number of hydrogen-bond acceptors (Lipinski definition) is 9. The SMILES string of the molecule is C=C(Oc1ccc(C2OP(=C)(O)C(O)(Cc3cccnc3)P(=O)(O)O2)cc1OC)OC1CCCC1. The standard InChI is InChI=1S/C23H29NO9P2/c1-16(30-19-8-4-5-9-19)31-20-11-10-18(13-21(20)29-2)22-32-34(3,26)23(25,35(27,28)33-22)14-17-7-6-12-24-15-17/h6-7,10-13,15,19,22,25-26H,1,3-5,8-9,14H2,2H3,(H,27,28). The normalized spacial score (nSPS) is 31.1. The Morgan fingerprint density at radius 3 is 2.60 bits per heavy atom. The fourth-order valence-electron chi connectivity index (χ4n) is 4.05. The van der Waals surface area contributed by atoms with E-state index in [9.17, 15) is 19.5 Å². The van der Waals surface area contributed by atoms with Gasteiger partial charge in [0.1, 0.15) is 6.10 Å². The van der Waals surface area contributed by atoms with Gasteiger partial charge in [-0.2, -0.15) is 0 Å². The van der Waals surface area contributed by atoms with Crippen LogP contribution in [0.15, 0.2) is 55.2 Å². The molecule has 3 N–H and O–H groups in total. The Morgan fingerprint density at radius 1 is 1.23 bits per heavy atom. The third-order valence-electron chi connectivity index (χ3n) is 5.97. The number of aliphatic hydroxyl groups is 1. The van der Waals surface area contributed by atoms with Crippen LogP contribution in [-0.2, 0) is 24.8 Å². The molecule has 12 heteroatoms. The van der Waals surface area contributed by atoms with Gasteiger partial charge in [0.25, 0.3) is 5.95 Å². The summed E-state index contributed by atoms with van der Waals surface area (Å²) in [5, 5.41) is 8.45. The molecular weight excluding hydrogens is 496 g/mol. The van der Waals surface area contributed by atoms with Crippen molar-refractivity contribution in [1.29, 1.82) is 0 Å². The summed E-state index contributed by atoms with van der Waals surface area (Å²) >= 11 is 0. The van der Waals surface area contributed by atoms with Crippen LogP contribution in [0.1, 0.15) is 43.1 Å². The molecule has 1 aliphatic heterocycles. The summed E-state index contributed by atoms with van der Waals surface area (Å²) in [4.78, 5) is 25.6. The van der Waals surface area contributed by atoms with Gasteiger partial charge < -0.3 is 29.1 Å². The molecule has 0 radical (unpaired) electrons. The maximum absolute atomic E-state index is 13.1. The molecule has 4 unspecified atom stereocenters. The number of rotatable bonds is 8. The zero-order valence-electron chi connectivity index (χ0n) is 19.3. The minimum absolute atomic E-state index is 0.0691. The average molecular weight is 525 g/mol. The van der Waals surface area contributed by atoms with Gasteiger partial charge in [0, 0.05) is 24.4 Å². The Morgan fingerprint density at radius 2 is 1.97 bits per heavy atom. The van der Waals surface area contributed by atoms with Crippen molar-refractivity contribution in [3.8, 4) is 11.5 Å². The monoisotopic (exact) mass is 525 g/mol. The molecule has 1 aromatic carbocycles. The van der Waals surface area contributed by atoms with E-state index in [0.717, 1.165) is 25.7 Å². The van der Waals surface area contributed by atoms with Crippen LogP contribution in [0, 0.1) is 0 Å². The summed E-state index contributed by atoms with van der Waals surface area (Å²) in [6.45, 7) is 3.80. The molecule has 1 aromatic heterocycles. The van der Waals surface area contributed by atoms with Crippen molar-refractivity contribution in [3.05, 3.63) is 66.4 Å². The lowest BCUT2D eigenvalue weighted by atomic mass is 10.2. The van der Waals surface area contributed by atoms with Crippen molar-refractivity contribution >= 4 is 21.2 Å². The van der Waals surface area contributed by atoms with Crippen LogP contribution in [0.3, 0.4) is 0 Å². The minimum atomic E-state index is -4.86. The Bertz CT molecular complexity index is 1140. The predicted molar refractivity (Wildman–Crippen MR) is 130 cm³/mol. The van der Waals surface area contributed by atoms with Gasteiger partial charge in [-0.15, -0.1) is 0 Å². The summed E-state index contributed by atoms with van der Waals surface area (Å²) in [5.74, 6) is 0.683. The van der Waals surface area contributed by atoms with E-state index < -0.39 is 32.7 Å². The molecule has 0 amide bonds. The molecule has 1 saturated heterocycles. The van der Waals surface area contributed by atoms with Gasteiger partial charge in [0.15, 0.2) is 25.1 Å². The first kappa shape index (κ1) is 25.9. The molecule has 0 spiro atoms. The summed E-state index contributed by atoms with van der Waals surface area (Å²) < 4.78 is 40.8. The molecule has 1 aliphatic carbocycles. The highest BCUT2D eigenvalue weighted by Crippen LogP contribution is 2.78. The van der Waals surface area contributed by atoms with Crippen LogP contribution in [0.25, 0.3) is 0 Å². The highest BCUT2D eigenvalue weighted by atomic mass is 31.2. The van der Waals surface area contributed by atoms with Crippen LogP contribution in [0.4, 0.5) is 0 Å². The van der Waals surface area contributed by atoms with E-state index in [2.05, 4.69) is 17.9 Å². The highest BCUT2D eigenvalue weighted by Gasteiger charge is 2.62. The van der Waals surface area contributed by atoms with Crippen LogP contribution < -0.4 is 9.47 Å². The Hall–Kier alpha value is -2.16. The molecule has 2 aromatic rings. The topological polar surface area (TPSA) is 137 Å². The third-order valence-corrected chi connectivity index (χ3v) is 11.0. The molecule has 1 saturated carbocycles. The van der Waals surface area contributed by atoms with Gasteiger partial charge >= 0.3 is 7.60 Å². The van der Waals surface area contributed by atoms with Crippen molar-refractivity contribution in [1.82, 2.24) is 4.98 Å². The molecule has 4 rings (SSSR count). The summed E-state index contributed by atoms with van der Waals surface area (Å²) in [7, 11) is -7.55. The highest BCUT2D eigenvalue weighted by molar-refractivity contribution is 7.78. The molecule has 35 heavy (non-hydrogen) atoms. The lowest BCUT2D eigenvalue weighted by Crippen LogP contribution is -2.38. The molecule has 0 bridgehead atoms. The predicted octanol–water partition coefficient (Wildman–Crippen LogP) is 4.29. The molecule has 190 valence electrons. The number of ether oxygens (including phenoxy) is 3. The summed E-state index contributed by atoms with van der Waals surface area (Å²) in [6, 6.07) is 7.69. The van der Waals surface area contributed by atoms with Crippen molar-refractivity contribution in [2.45, 2.75) is 49.6 Å². The maximum atomic E-state index is 13.1. The smallest absolute Gasteiger partial charge is 0.371 e. The average Bonchev–Trinajstić information content (AvgIpc) is 3.31. The second-order valence-corrected chi connectivity index (χ2v) is 13.2. The minimum Gasteiger partial charge on any atom is -0.493 e. The number of methoxy groups -OCH3 is 1. The fraction of sp³-hybridized carbons (Fsp3) is 0.391. The fourth-order valence-corrected chi connectivity index (χ4v) is 8.04. The van der Waals surface area contributed by atoms with Gasteiger partial charge in [-0.25, -0.2) is 0 Å². The van der Waals surface area contributed by atoms with E-state index in [1.54, 1.807) is 12.1 Å². The Balaban J connectivity index is 1.54. The number of benzene rings is 1. The number of hydrogen-bond donors (Lipinski definition) is 3. The molecule has 2 fully saturated rings. The lowest BCUT2D eigenvalue weighted by Gasteiger charge is -2.45. The number of pyridine rings is 1. The van der Waals surface area contributed by atoms with Crippen LogP contribution in [0.2, 0.25) is 0 Å². The first-order valence-electron chi connectivity index (χ1n) is 11.0. The van der Waals surface area contributed by atoms with Gasteiger partial charge in [-0.05, 0) is 68.4 Å². The summed E-state index contributed by atoms with van der Waals surface area (Å²) in [5.41, 5.74) is 0.650. The second kappa shape index (κ2) is 10.1. The van der Waals surface area contributed by atoms with E-state index in [4.69, 9.17) is 23.3 Å². The molecule has 2 aliphatic rings. The van der Waals surface area contributed by atoms with Gasteiger partial charge in [0.2, 0.25) is 5.08 Å². The van der Waals surface area contributed by atoms with Crippen LogP contribution in [0.5, 0.6) is 11.5 Å². The van der Waals surface area contributed by atoms with E-state index in [1.807, 2.05) is 0 Å². The zero-order chi connectivity index (χ0) is 25.3. The molecular formula is C23H29NO9P2. The van der Waals surface area contributed by atoms with E-state index in [0.29, 0.717) is 11.3 Å². The van der Waals surface area contributed by atoms with Crippen LogP contribution in [-0.4, -0.2) is 44.5 Å². The van der Waals surface area contributed by atoms with Gasteiger partial charge in [-0.3, -0.25) is 18.6 Å². The van der Waals surface area contributed by atoms with Gasteiger partial charge in [-0.1, -0.05) is 6.07 Å². The molecule has 10 nitrogen and oxygen atoms in total. The van der Waals surface area contributed by atoms with Gasteiger partial charge in [0.05, 0.1) is 7.11 Å². The molecule has 4 atom stereocenters. The zero-order valence-corrected chi connectivity index (χ0v) is 21.1. The largest absolute Gasteiger partial charge is 0.493 e. The first-order valence-corrected chi connectivity index (χ1v) is 14.5. The van der Waals surface area contributed by atoms with E-state index >= 15 is 0 Å². The molecule has 2 heterocycles. The van der Waals surface area contributed by atoms with Crippen molar-refractivity contribution in [2.75, 3.05) is 7.11 Å². The van der Waals surface area contributed by atoms with Crippen LogP contribution >= 0.6 is 14.9 Å². The van der Waals surface area contributed by atoms with Crippen molar-refractivity contribution in [2.24, 2.45) is 0 Å². The summed E-state index contributed by atoms with van der Waals surface area (Å²) in [6.07, 6.45) is 8.73. The Labute approximate surface area is 203 Å². The van der Waals surface area contributed by atoms with Crippen molar-refractivity contribution in [3.63, 3.8) is 0 Å². The Kier molecular flexibility index (Phi) is 7.46. The second-order valence-electron chi connectivity index (χ2n) is 8.49. The maximum Gasteiger partial charge on any atom is 0.371 e. The number of aromatic nitrogens is 1. The quantitative estimate of drug-likeness (QED) is 0.338.